The van der Waals surface area contributed by atoms with Gasteiger partial charge in [0.25, 0.3) is 5.91 Å². The van der Waals surface area contributed by atoms with Gasteiger partial charge in [-0.1, -0.05) is 30.3 Å². The lowest BCUT2D eigenvalue weighted by Gasteiger charge is -2.24. The first-order chi connectivity index (χ1) is 12.7. The van der Waals surface area contributed by atoms with E-state index in [9.17, 15) is 4.79 Å². The van der Waals surface area contributed by atoms with Gasteiger partial charge in [-0.2, -0.15) is 0 Å². The number of benzene rings is 1. The molecule has 1 fully saturated rings. The highest BCUT2D eigenvalue weighted by Gasteiger charge is 2.26. The molecule has 3 rings (SSSR count). The fourth-order valence-electron chi connectivity index (χ4n) is 3.11. The molecule has 0 bridgehead atoms. The van der Waals surface area contributed by atoms with Crippen molar-refractivity contribution in [3.8, 4) is 0 Å². The number of aromatic nitrogens is 2. The van der Waals surface area contributed by atoms with E-state index in [1.165, 1.54) is 23.2 Å². The van der Waals surface area contributed by atoms with Gasteiger partial charge in [-0.15, -0.1) is 0 Å². The number of anilines is 1. The summed E-state index contributed by atoms with van der Waals surface area (Å²) >= 11 is 0. The summed E-state index contributed by atoms with van der Waals surface area (Å²) in [5, 5.41) is 11.9. The average molecular weight is 353 g/mol. The standard InChI is InChI=1S/C19H23N5O2/c1-14(15-5-3-2-4-6-15)24-10-9-17(13-24)22-18-12-20-16(11-21-18)7-8-19(25)23-26/h2-8,11-12,14,17,26H,9-10,13H2,1H3,(H,21,22)(H,23,25)/b8-7+/t14?,17-/m1/s1. The summed E-state index contributed by atoms with van der Waals surface area (Å²) in [6, 6.07) is 11.2. The summed E-state index contributed by atoms with van der Waals surface area (Å²) in [7, 11) is 0. The van der Waals surface area contributed by atoms with Crippen LogP contribution in [0.15, 0.2) is 48.8 Å². The molecule has 1 aromatic heterocycles. The first-order valence-electron chi connectivity index (χ1n) is 8.65. The molecule has 1 saturated heterocycles. The molecule has 3 N–H and O–H groups in total. The fourth-order valence-corrected chi connectivity index (χ4v) is 3.11. The Morgan fingerprint density at radius 1 is 1.31 bits per heavy atom. The molecule has 1 amide bonds. The number of carbonyl (C=O) groups excluding carboxylic acids is 1. The van der Waals surface area contributed by atoms with E-state index < -0.39 is 5.91 Å². The van der Waals surface area contributed by atoms with Crippen molar-refractivity contribution in [2.75, 3.05) is 18.4 Å². The number of hydrogen-bond acceptors (Lipinski definition) is 6. The Hall–Kier alpha value is -2.77. The van der Waals surface area contributed by atoms with Crippen LogP contribution in [0, 0.1) is 0 Å². The van der Waals surface area contributed by atoms with Crippen LogP contribution in [-0.4, -0.2) is 45.1 Å². The Morgan fingerprint density at radius 3 is 2.81 bits per heavy atom. The van der Waals surface area contributed by atoms with Crippen molar-refractivity contribution in [1.29, 1.82) is 0 Å². The van der Waals surface area contributed by atoms with Crippen LogP contribution in [0.5, 0.6) is 0 Å². The third kappa shape index (κ3) is 4.65. The molecular weight excluding hydrogens is 330 g/mol. The van der Waals surface area contributed by atoms with E-state index >= 15 is 0 Å². The minimum Gasteiger partial charge on any atom is -0.365 e. The number of carbonyl (C=O) groups is 1. The number of rotatable bonds is 6. The van der Waals surface area contributed by atoms with Gasteiger partial charge in [-0.25, -0.2) is 10.5 Å². The van der Waals surface area contributed by atoms with Crippen LogP contribution >= 0.6 is 0 Å². The van der Waals surface area contributed by atoms with E-state index in [2.05, 4.69) is 51.4 Å². The van der Waals surface area contributed by atoms with Gasteiger partial charge < -0.3 is 5.32 Å². The summed E-state index contributed by atoms with van der Waals surface area (Å²) < 4.78 is 0. The van der Waals surface area contributed by atoms with Crippen LogP contribution in [0.1, 0.15) is 30.6 Å². The summed E-state index contributed by atoms with van der Waals surface area (Å²) in [6.07, 6.45) is 6.97. The lowest BCUT2D eigenvalue weighted by Crippen LogP contribution is -2.28. The summed E-state index contributed by atoms with van der Waals surface area (Å²) in [6.45, 7) is 4.23. The van der Waals surface area contributed by atoms with Gasteiger partial charge in [0.15, 0.2) is 0 Å². The molecule has 136 valence electrons. The van der Waals surface area contributed by atoms with Crippen LogP contribution in [0.4, 0.5) is 5.82 Å². The molecule has 0 spiro atoms. The average Bonchev–Trinajstić information content (AvgIpc) is 3.15. The second-order valence-electron chi connectivity index (χ2n) is 6.35. The monoisotopic (exact) mass is 353 g/mol. The second kappa shape index (κ2) is 8.55. The SMILES string of the molecule is CC(c1ccccc1)N1CC[C@@H](Nc2cnc(/C=C/C(=O)NO)cn2)C1. The van der Waals surface area contributed by atoms with E-state index in [-0.39, 0.29) is 0 Å². The van der Waals surface area contributed by atoms with Crippen molar-refractivity contribution in [3.63, 3.8) is 0 Å². The van der Waals surface area contributed by atoms with Crippen LogP contribution in [0.25, 0.3) is 6.08 Å². The number of hydroxylamine groups is 1. The number of hydrogen-bond donors (Lipinski definition) is 3. The van der Waals surface area contributed by atoms with E-state index in [4.69, 9.17) is 5.21 Å². The van der Waals surface area contributed by atoms with Crippen LogP contribution in [0.2, 0.25) is 0 Å². The van der Waals surface area contributed by atoms with Gasteiger partial charge >= 0.3 is 0 Å². The van der Waals surface area contributed by atoms with Crippen molar-refractivity contribution in [1.82, 2.24) is 20.3 Å². The number of nitrogens with one attached hydrogen (secondary N) is 2. The van der Waals surface area contributed by atoms with Gasteiger partial charge in [0.05, 0.1) is 18.1 Å². The highest BCUT2D eigenvalue weighted by Crippen LogP contribution is 2.25. The van der Waals surface area contributed by atoms with Gasteiger partial charge in [-0.05, 0) is 25.0 Å². The Bertz CT molecular complexity index is 748. The van der Waals surface area contributed by atoms with Gasteiger partial charge in [-0.3, -0.25) is 19.9 Å². The molecule has 1 aliphatic heterocycles. The third-order valence-electron chi connectivity index (χ3n) is 4.59. The fraction of sp³-hybridized carbons (Fsp3) is 0.316. The molecule has 2 atom stereocenters. The van der Waals surface area contributed by atoms with Crippen molar-refractivity contribution < 1.29 is 10.0 Å². The molecule has 0 radical (unpaired) electrons. The minimum atomic E-state index is -0.604. The maximum Gasteiger partial charge on any atom is 0.267 e. The van der Waals surface area contributed by atoms with E-state index in [0.29, 0.717) is 23.6 Å². The van der Waals surface area contributed by atoms with Crippen molar-refractivity contribution >= 4 is 17.8 Å². The molecule has 2 aromatic rings. The first-order valence-corrected chi connectivity index (χ1v) is 8.65. The van der Waals surface area contributed by atoms with Crippen LogP contribution in [0.3, 0.4) is 0 Å². The molecule has 1 unspecified atom stereocenters. The van der Waals surface area contributed by atoms with Crippen molar-refractivity contribution in [2.24, 2.45) is 0 Å². The van der Waals surface area contributed by atoms with Crippen molar-refractivity contribution in [3.05, 3.63) is 60.1 Å². The summed E-state index contributed by atoms with van der Waals surface area (Å²) in [5.41, 5.74) is 3.40. The summed E-state index contributed by atoms with van der Waals surface area (Å²) in [5.74, 6) is 0.112. The van der Waals surface area contributed by atoms with E-state index in [1.807, 2.05) is 6.07 Å². The summed E-state index contributed by atoms with van der Waals surface area (Å²) in [4.78, 5) is 22.0. The quantitative estimate of drug-likeness (QED) is 0.419. The Balaban J connectivity index is 1.54. The zero-order valence-electron chi connectivity index (χ0n) is 14.7. The highest BCUT2D eigenvalue weighted by molar-refractivity contribution is 5.90. The van der Waals surface area contributed by atoms with E-state index in [0.717, 1.165) is 19.5 Å². The molecule has 26 heavy (non-hydrogen) atoms. The smallest absolute Gasteiger partial charge is 0.267 e. The lowest BCUT2D eigenvalue weighted by atomic mass is 10.1. The maximum atomic E-state index is 11.0. The van der Waals surface area contributed by atoms with E-state index in [1.54, 1.807) is 12.4 Å². The molecule has 0 aliphatic carbocycles. The largest absolute Gasteiger partial charge is 0.365 e. The Morgan fingerprint density at radius 2 is 2.12 bits per heavy atom. The van der Waals surface area contributed by atoms with Gasteiger partial charge in [0.2, 0.25) is 0 Å². The molecule has 2 heterocycles. The van der Waals surface area contributed by atoms with Crippen LogP contribution in [-0.2, 0) is 4.79 Å². The van der Waals surface area contributed by atoms with Crippen molar-refractivity contribution in [2.45, 2.75) is 25.4 Å². The Labute approximate surface area is 152 Å². The molecule has 7 nitrogen and oxygen atoms in total. The number of likely N-dealkylation sites (tertiary alicyclic amines) is 1. The molecule has 7 heteroatoms. The number of nitrogens with zero attached hydrogens (tertiary/aromatic N) is 3. The predicted octanol–water partition coefficient (Wildman–Crippen LogP) is 2.24. The second-order valence-corrected chi connectivity index (χ2v) is 6.35. The minimum absolute atomic E-state index is 0.331. The van der Waals surface area contributed by atoms with Crippen LogP contribution < -0.4 is 10.8 Å². The highest BCUT2D eigenvalue weighted by atomic mass is 16.5. The third-order valence-corrected chi connectivity index (χ3v) is 4.59. The van der Waals surface area contributed by atoms with Gasteiger partial charge in [0, 0.05) is 31.2 Å². The van der Waals surface area contributed by atoms with Gasteiger partial charge in [0.1, 0.15) is 5.82 Å². The number of amides is 1. The maximum absolute atomic E-state index is 11.0. The normalized spacial score (nSPS) is 18.8. The zero-order chi connectivity index (χ0) is 18.4. The molecule has 1 aliphatic rings. The first kappa shape index (κ1) is 18.0. The Kier molecular flexibility index (Phi) is 5.93. The lowest BCUT2D eigenvalue weighted by molar-refractivity contribution is -0.124. The molecule has 0 saturated carbocycles. The topological polar surface area (TPSA) is 90.4 Å². The zero-order valence-corrected chi connectivity index (χ0v) is 14.7. The molecule has 1 aromatic carbocycles. The molecular formula is C19H23N5O2. The predicted molar refractivity (Wildman–Crippen MR) is 99.5 cm³/mol.